The Bertz CT molecular complexity index is 593. The van der Waals surface area contributed by atoms with Crippen LogP contribution in [0.25, 0.3) is 22.2 Å². The Balaban J connectivity index is 2.41. The molecule has 0 saturated heterocycles. The SMILES string of the molecule is Clc1ccc2cc[nH]c2c1-c1ccc[nH]1. The van der Waals surface area contributed by atoms with Crippen molar-refractivity contribution in [3.05, 3.63) is 47.7 Å². The number of aromatic nitrogens is 2. The van der Waals surface area contributed by atoms with Crippen molar-refractivity contribution in [3.63, 3.8) is 0 Å². The van der Waals surface area contributed by atoms with Crippen LogP contribution in [0.2, 0.25) is 5.02 Å². The van der Waals surface area contributed by atoms with E-state index in [2.05, 4.69) is 9.97 Å². The molecule has 3 heteroatoms. The van der Waals surface area contributed by atoms with E-state index in [1.54, 1.807) is 0 Å². The maximum Gasteiger partial charge on any atom is 0.0563 e. The first kappa shape index (κ1) is 8.62. The lowest BCUT2D eigenvalue weighted by Crippen LogP contribution is -1.82. The molecule has 0 fully saturated rings. The first-order valence-electron chi connectivity index (χ1n) is 4.75. The van der Waals surface area contributed by atoms with E-state index in [-0.39, 0.29) is 0 Å². The molecule has 2 aromatic heterocycles. The van der Waals surface area contributed by atoms with E-state index in [0.29, 0.717) is 0 Å². The summed E-state index contributed by atoms with van der Waals surface area (Å²) in [4.78, 5) is 6.38. The zero-order valence-corrected chi connectivity index (χ0v) is 8.68. The number of benzene rings is 1. The first-order valence-corrected chi connectivity index (χ1v) is 5.13. The van der Waals surface area contributed by atoms with Crippen LogP contribution in [0.4, 0.5) is 0 Å². The molecule has 15 heavy (non-hydrogen) atoms. The van der Waals surface area contributed by atoms with Gasteiger partial charge in [0.2, 0.25) is 0 Å². The van der Waals surface area contributed by atoms with Gasteiger partial charge in [-0.3, -0.25) is 0 Å². The van der Waals surface area contributed by atoms with Gasteiger partial charge in [0.15, 0.2) is 0 Å². The number of rotatable bonds is 1. The summed E-state index contributed by atoms with van der Waals surface area (Å²) in [5, 5.41) is 1.93. The van der Waals surface area contributed by atoms with Gasteiger partial charge in [-0.25, -0.2) is 0 Å². The van der Waals surface area contributed by atoms with Crippen LogP contribution in [0.15, 0.2) is 42.7 Å². The van der Waals surface area contributed by atoms with Crippen LogP contribution in [0.3, 0.4) is 0 Å². The third-order valence-electron chi connectivity index (χ3n) is 2.54. The van der Waals surface area contributed by atoms with Crippen LogP contribution in [0, 0.1) is 0 Å². The van der Waals surface area contributed by atoms with Crippen molar-refractivity contribution >= 4 is 22.5 Å². The van der Waals surface area contributed by atoms with Crippen LogP contribution in [0.5, 0.6) is 0 Å². The van der Waals surface area contributed by atoms with E-state index >= 15 is 0 Å². The molecule has 0 aliphatic rings. The fourth-order valence-corrected chi connectivity index (χ4v) is 2.11. The van der Waals surface area contributed by atoms with Gasteiger partial charge in [-0.2, -0.15) is 0 Å². The summed E-state index contributed by atoms with van der Waals surface area (Å²) in [7, 11) is 0. The molecule has 0 radical (unpaired) electrons. The minimum absolute atomic E-state index is 0.757. The molecule has 0 amide bonds. The summed E-state index contributed by atoms with van der Waals surface area (Å²) >= 11 is 6.21. The summed E-state index contributed by atoms with van der Waals surface area (Å²) in [6.45, 7) is 0. The highest BCUT2D eigenvalue weighted by atomic mass is 35.5. The molecule has 0 unspecified atom stereocenters. The summed E-state index contributed by atoms with van der Waals surface area (Å²) < 4.78 is 0. The topological polar surface area (TPSA) is 31.6 Å². The third-order valence-corrected chi connectivity index (χ3v) is 2.86. The second-order valence-corrected chi connectivity index (χ2v) is 3.86. The standard InChI is InChI=1S/C12H9ClN2/c13-9-4-3-8-5-7-15-12(8)11(9)10-2-1-6-14-10/h1-7,14-15H. The number of nitrogens with one attached hydrogen (secondary N) is 2. The average Bonchev–Trinajstić information content (AvgIpc) is 2.85. The Morgan fingerprint density at radius 1 is 0.933 bits per heavy atom. The Morgan fingerprint density at radius 3 is 2.67 bits per heavy atom. The maximum atomic E-state index is 6.21. The minimum atomic E-state index is 0.757. The monoisotopic (exact) mass is 216 g/mol. The molecule has 0 aliphatic heterocycles. The number of hydrogen-bond acceptors (Lipinski definition) is 0. The Kier molecular flexibility index (Phi) is 1.82. The van der Waals surface area contributed by atoms with E-state index < -0.39 is 0 Å². The maximum absolute atomic E-state index is 6.21. The van der Waals surface area contributed by atoms with Crippen LogP contribution in [-0.2, 0) is 0 Å². The van der Waals surface area contributed by atoms with Gasteiger partial charge in [-0.05, 0) is 24.3 Å². The van der Waals surface area contributed by atoms with Crippen molar-refractivity contribution in [1.29, 1.82) is 0 Å². The molecular weight excluding hydrogens is 208 g/mol. The van der Waals surface area contributed by atoms with Gasteiger partial charge >= 0.3 is 0 Å². The average molecular weight is 217 g/mol. The third kappa shape index (κ3) is 1.26. The largest absolute Gasteiger partial charge is 0.361 e. The molecule has 1 aromatic carbocycles. The van der Waals surface area contributed by atoms with Crippen molar-refractivity contribution in [2.45, 2.75) is 0 Å². The zero-order valence-electron chi connectivity index (χ0n) is 7.92. The fraction of sp³-hybridized carbons (Fsp3) is 0. The van der Waals surface area contributed by atoms with Crippen LogP contribution < -0.4 is 0 Å². The molecule has 3 rings (SSSR count). The van der Waals surface area contributed by atoms with E-state index in [0.717, 1.165) is 21.8 Å². The number of aromatic amines is 2. The van der Waals surface area contributed by atoms with E-state index in [1.807, 2.05) is 42.7 Å². The molecule has 74 valence electrons. The summed E-state index contributed by atoms with van der Waals surface area (Å²) in [6, 6.07) is 9.96. The highest BCUT2D eigenvalue weighted by molar-refractivity contribution is 6.34. The summed E-state index contributed by atoms with van der Waals surface area (Å²) in [5.74, 6) is 0. The molecule has 0 atom stereocenters. The lowest BCUT2D eigenvalue weighted by Gasteiger charge is -2.03. The quantitative estimate of drug-likeness (QED) is 0.620. The van der Waals surface area contributed by atoms with Crippen molar-refractivity contribution in [2.75, 3.05) is 0 Å². The number of H-pyrrole nitrogens is 2. The zero-order chi connectivity index (χ0) is 10.3. The number of hydrogen-bond donors (Lipinski definition) is 2. The van der Waals surface area contributed by atoms with Crippen LogP contribution in [0.1, 0.15) is 0 Å². The minimum Gasteiger partial charge on any atom is -0.361 e. The Hall–Kier alpha value is -1.67. The van der Waals surface area contributed by atoms with Crippen molar-refractivity contribution < 1.29 is 0 Å². The van der Waals surface area contributed by atoms with E-state index in [1.165, 1.54) is 5.39 Å². The summed E-state index contributed by atoms with van der Waals surface area (Å²) in [6.07, 6.45) is 3.82. The summed E-state index contributed by atoms with van der Waals surface area (Å²) in [5.41, 5.74) is 3.14. The van der Waals surface area contributed by atoms with Gasteiger partial charge in [0.25, 0.3) is 0 Å². The highest BCUT2D eigenvalue weighted by Crippen LogP contribution is 2.33. The number of fused-ring (bicyclic) bond motifs is 1. The highest BCUT2D eigenvalue weighted by Gasteiger charge is 2.09. The second kappa shape index (κ2) is 3.17. The van der Waals surface area contributed by atoms with Gasteiger partial charge in [0.05, 0.1) is 10.5 Å². The molecule has 2 nitrogen and oxygen atoms in total. The van der Waals surface area contributed by atoms with Gasteiger partial charge in [0.1, 0.15) is 0 Å². The molecule has 0 saturated carbocycles. The fourth-order valence-electron chi connectivity index (χ4n) is 1.85. The lowest BCUT2D eigenvalue weighted by atomic mass is 10.1. The van der Waals surface area contributed by atoms with E-state index in [9.17, 15) is 0 Å². The number of halogens is 1. The molecule has 3 aromatic rings. The van der Waals surface area contributed by atoms with Crippen LogP contribution in [-0.4, -0.2) is 9.97 Å². The second-order valence-electron chi connectivity index (χ2n) is 3.45. The molecule has 0 bridgehead atoms. The van der Waals surface area contributed by atoms with Gasteiger partial charge in [0, 0.05) is 29.0 Å². The van der Waals surface area contributed by atoms with Crippen molar-refractivity contribution in [2.24, 2.45) is 0 Å². The van der Waals surface area contributed by atoms with Gasteiger partial charge in [-0.1, -0.05) is 17.7 Å². The van der Waals surface area contributed by atoms with Gasteiger partial charge < -0.3 is 9.97 Å². The predicted octanol–water partition coefficient (Wildman–Crippen LogP) is 3.82. The molecule has 2 N–H and O–H groups in total. The Morgan fingerprint density at radius 2 is 1.87 bits per heavy atom. The lowest BCUT2D eigenvalue weighted by molar-refractivity contribution is 1.39. The molecular formula is C12H9ClN2. The smallest absolute Gasteiger partial charge is 0.0563 e. The predicted molar refractivity (Wildman–Crippen MR) is 63.1 cm³/mol. The normalized spacial score (nSPS) is 11.0. The van der Waals surface area contributed by atoms with E-state index in [4.69, 9.17) is 11.6 Å². The first-order chi connectivity index (χ1) is 7.36. The van der Waals surface area contributed by atoms with Crippen molar-refractivity contribution in [3.8, 4) is 11.3 Å². The Labute approximate surface area is 91.9 Å². The molecule has 0 aliphatic carbocycles. The molecule has 0 spiro atoms. The van der Waals surface area contributed by atoms with Crippen LogP contribution >= 0.6 is 11.6 Å². The van der Waals surface area contributed by atoms with Gasteiger partial charge in [-0.15, -0.1) is 0 Å². The molecule has 2 heterocycles. The van der Waals surface area contributed by atoms with Crippen molar-refractivity contribution in [1.82, 2.24) is 9.97 Å².